The van der Waals surface area contributed by atoms with Gasteiger partial charge in [0.05, 0.1) is 6.54 Å². The number of carbonyl (C=O) groups is 5. The van der Waals surface area contributed by atoms with Crippen molar-refractivity contribution in [3.05, 3.63) is 52.0 Å². The Balaban J connectivity index is 1.65. The molecule has 1 aliphatic rings. The van der Waals surface area contributed by atoms with Crippen molar-refractivity contribution in [2.75, 3.05) is 0 Å². The van der Waals surface area contributed by atoms with Gasteiger partial charge in [-0.2, -0.15) is 0 Å². The number of rotatable bonds is 9. The fourth-order valence-electron chi connectivity index (χ4n) is 3.80. The summed E-state index contributed by atoms with van der Waals surface area (Å²) in [6.07, 6.45) is 0.957. The third kappa shape index (κ3) is 7.85. The molecule has 4 N–H and O–H groups in total. The van der Waals surface area contributed by atoms with Crippen LogP contribution in [-0.2, 0) is 43.5 Å². The van der Waals surface area contributed by atoms with E-state index >= 15 is 0 Å². The van der Waals surface area contributed by atoms with Crippen LogP contribution in [0.1, 0.15) is 43.1 Å². The summed E-state index contributed by atoms with van der Waals surface area (Å²) in [6, 6.07) is 6.01. The molecule has 1 aromatic heterocycles. The number of fused-ring (bicyclic) bond motifs is 2. The highest BCUT2D eigenvalue weighted by Gasteiger charge is 2.34. The zero-order valence-corrected chi connectivity index (χ0v) is 22.6. The van der Waals surface area contributed by atoms with Gasteiger partial charge in [0, 0.05) is 17.5 Å². The highest BCUT2D eigenvalue weighted by molar-refractivity contribution is 7.11. The summed E-state index contributed by atoms with van der Waals surface area (Å²) in [5, 5.41) is 11.1. The van der Waals surface area contributed by atoms with Crippen LogP contribution in [-0.4, -0.2) is 52.7 Å². The van der Waals surface area contributed by atoms with Gasteiger partial charge >= 0.3 is 6.09 Å². The number of amides is 4. The average Bonchev–Trinajstić information content (AvgIpc) is 3.35. The average molecular weight is 544 g/mol. The maximum absolute atomic E-state index is 13.2. The molecule has 4 amide bonds. The first kappa shape index (κ1) is 28.8. The first-order chi connectivity index (χ1) is 18.0. The second kappa shape index (κ2) is 13.1. The molecule has 0 spiro atoms. The number of hydrogen-bond acceptors (Lipinski definition) is 8. The Hall–Kier alpha value is -3.80. The quantitative estimate of drug-likeness (QED) is 0.349. The number of carbonyl (C=O) groups excluding carboxylic acids is 5. The molecule has 0 saturated heterocycles. The van der Waals surface area contributed by atoms with Crippen LogP contribution in [0.25, 0.3) is 0 Å². The van der Waals surface area contributed by atoms with Crippen molar-refractivity contribution in [1.29, 1.82) is 0 Å². The number of benzene rings is 1. The molecular weight excluding hydrogens is 510 g/mol. The molecule has 0 aliphatic carbocycles. The van der Waals surface area contributed by atoms with Crippen molar-refractivity contribution >= 4 is 40.9 Å². The van der Waals surface area contributed by atoms with Crippen molar-refractivity contribution in [2.24, 2.45) is 11.8 Å². The number of alkyl carbamates (subject to hydrolysis) is 1. The number of ketones is 1. The van der Waals surface area contributed by atoms with Gasteiger partial charge in [0.25, 0.3) is 5.91 Å². The number of nitrogens with zero attached hydrogens (tertiary/aromatic N) is 1. The van der Waals surface area contributed by atoms with Crippen LogP contribution in [0, 0.1) is 11.8 Å². The second-order valence-electron chi connectivity index (χ2n) is 9.69. The SMILES string of the molecule is CC(C)C(NC(=O)OCc1ccccc1)C(=O)NC(C(=O)NC1Cc2cnc(s2)CNC(=O)C1=O)C(C)C. The van der Waals surface area contributed by atoms with Gasteiger partial charge in [0.2, 0.25) is 17.6 Å². The lowest BCUT2D eigenvalue weighted by Crippen LogP contribution is -2.59. The van der Waals surface area contributed by atoms with E-state index in [1.807, 2.05) is 30.3 Å². The molecule has 38 heavy (non-hydrogen) atoms. The summed E-state index contributed by atoms with van der Waals surface area (Å²) in [4.78, 5) is 68.7. The monoisotopic (exact) mass is 543 g/mol. The Kier molecular flexibility index (Phi) is 9.94. The number of aromatic nitrogens is 1. The Morgan fingerprint density at radius 2 is 1.68 bits per heavy atom. The summed E-state index contributed by atoms with van der Waals surface area (Å²) in [5.74, 6) is -3.43. The third-order valence-corrected chi connectivity index (χ3v) is 6.97. The maximum atomic E-state index is 13.2. The summed E-state index contributed by atoms with van der Waals surface area (Å²) in [5.41, 5.74) is 0.799. The van der Waals surface area contributed by atoms with E-state index in [2.05, 4.69) is 26.3 Å². The minimum Gasteiger partial charge on any atom is -0.445 e. The molecule has 3 unspecified atom stereocenters. The minimum atomic E-state index is -1.11. The standard InChI is InChI=1S/C26H33N5O6S/c1-14(2)20(23(33)29-18-10-17-11-27-19(38-17)12-28-25(35)22(18)32)30-24(34)21(15(3)4)31-26(36)37-13-16-8-6-5-7-9-16/h5-9,11,14-15,18,20-21H,10,12-13H2,1-4H3,(H,28,35)(H,29,33)(H,30,34)(H,31,36). The lowest BCUT2D eigenvalue weighted by Gasteiger charge is -2.28. The molecule has 0 saturated carbocycles. The summed E-state index contributed by atoms with van der Waals surface area (Å²) in [7, 11) is 0. The molecule has 204 valence electrons. The zero-order chi connectivity index (χ0) is 27.8. The van der Waals surface area contributed by atoms with E-state index in [9.17, 15) is 24.0 Å². The molecule has 1 aromatic carbocycles. The van der Waals surface area contributed by atoms with E-state index in [1.54, 1.807) is 33.9 Å². The fraction of sp³-hybridized carbons (Fsp3) is 0.462. The van der Waals surface area contributed by atoms with Crippen LogP contribution in [0.15, 0.2) is 36.5 Å². The van der Waals surface area contributed by atoms with Crippen molar-refractivity contribution < 1.29 is 28.7 Å². The van der Waals surface area contributed by atoms with Crippen LogP contribution in [0.4, 0.5) is 4.79 Å². The number of hydrogen-bond donors (Lipinski definition) is 4. The summed E-state index contributed by atoms with van der Waals surface area (Å²) in [6.45, 7) is 7.17. The third-order valence-electron chi connectivity index (χ3n) is 5.95. The van der Waals surface area contributed by atoms with Crippen LogP contribution in [0.3, 0.4) is 0 Å². The van der Waals surface area contributed by atoms with E-state index < -0.39 is 47.7 Å². The van der Waals surface area contributed by atoms with Gasteiger partial charge in [-0.15, -0.1) is 11.3 Å². The van der Waals surface area contributed by atoms with Gasteiger partial charge in [0.1, 0.15) is 29.7 Å². The predicted octanol–water partition coefficient (Wildman–Crippen LogP) is 1.46. The Bertz CT molecular complexity index is 1170. The summed E-state index contributed by atoms with van der Waals surface area (Å²) < 4.78 is 5.24. The largest absolute Gasteiger partial charge is 0.445 e. The highest BCUT2D eigenvalue weighted by Crippen LogP contribution is 2.17. The van der Waals surface area contributed by atoms with E-state index in [1.165, 1.54) is 11.3 Å². The van der Waals surface area contributed by atoms with Crippen LogP contribution < -0.4 is 21.3 Å². The van der Waals surface area contributed by atoms with Crippen molar-refractivity contribution in [3.63, 3.8) is 0 Å². The molecule has 2 bridgehead atoms. The van der Waals surface area contributed by atoms with Crippen molar-refractivity contribution in [2.45, 2.75) is 65.4 Å². The minimum absolute atomic E-state index is 0.0420. The molecule has 2 aromatic rings. The van der Waals surface area contributed by atoms with E-state index in [-0.39, 0.29) is 31.4 Å². The molecule has 3 rings (SSSR count). The van der Waals surface area contributed by atoms with Gasteiger partial charge in [-0.25, -0.2) is 9.78 Å². The number of thiazole rings is 1. The van der Waals surface area contributed by atoms with Gasteiger partial charge in [0.15, 0.2) is 0 Å². The second-order valence-corrected chi connectivity index (χ2v) is 10.9. The zero-order valence-electron chi connectivity index (χ0n) is 21.8. The molecule has 1 aliphatic heterocycles. The van der Waals surface area contributed by atoms with Gasteiger partial charge in [-0.1, -0.05) is 58.0 Å². The molecular formula is C26H33N5O6S. The van der Waals surface area contributed by atoms with Gasteiger partial charge in [-0.05, 0) is 17.4 Å². The Morgan fingerprint density at radius 3 is 2.34 bits per heavy atom. The molecule has 3 atom stereocenters. The normalized spacial score (nSPS) is 16.9. The lowest BCUT2D eigenvalue weighted by atomic mass is 9.99. The predicted molar refractivity (Wildman–Crippen MR) is 140 cm³/mol. The van der Waals surface area contributed by atoms with E-state index in [0.29, 0.717) is 5.01 Å². The van der Waals surface area contributed by atoms with Crippen LogP contribution in [0.5, 0.6) is 0 Å². The molecule has 12 heteroatoms. The molecule has 11 nitrogen and oxygen atoms in total. The number of Topliss-reactive ketones (excluding diaryl/α,β-unsaturated/α-hetero) is 1. The number of nitrogens with one attached hydrogen (secondary N) is 4. The topological polar surface area (TPSA) is 156 Å². The van der Waals surface area contributed by atoms with E-state index in [4.69, 9.17) is 4.74 Å². The summed E-state index contributed by atoms with van der Waals surface area (Å²) >= 11 is 1.35. The first-order valence-electron chi connectivity index (χ1n) is 12.4. The first-order valence-corrected chi connectivity index (χ1v) is 13.2. The maximum Gasteiger partial charge on any atom is 0.408 e. The fourth-order valence-corrected chi connectivity index (χ4v) is 4.71. The Labute approximate surface area is 225 Å². The van der Waals surface area contributed by atoms with Crippen LogP contribution >= 0.6 is 11.3 Å². The Morgan fingerprint density at radius 1 is 1.03 bits per heavy atom. The smallest absolute Gasteiger partial charge is 0.408 e. The van der Waals surface area contributed by atoms with Crippen LogP contribution in [0.2, 0.25) is 0 Å². The van der Waals surface area contributed by atoms with E-state index in [0.717, 1.165) is 10.4 Å². The lowest BCUT2D eigenvalue weighted by molar-refractivity contribution is -0.140. The van der Waals surface area contributed by atoms with Crippen molar-refractivity contribution in [1.82, 2.24) is 26.3 Å². The number of ether oxygens (including phenoxy) is 1. The van der Waals surface area contributed by atoms with Gasteiger partial charge < -0.3 is 26.0 Å². The molecule has 2 heterocycles. The molecule has 0 fully saturated rings. The van der Waals surface area contributed by atoms with Gasteiger partial charge in [-0.3, -0.25) is 19.2 Å². The van der Waals surface area contributed by atoms with Crippen molar-refractivity contribution in [3.8, 4) is 0 Å². The molecule has 0 radical (unpaired) electrons. The highest BCUT2D eigenvalue weighted by atomic mass is 32.1.